The van der Waals surface area contributed by atoms with Gasteiger partial charge in [0.25, 0.3) is 0 Å². The van der Waals surface area contributed by atoms with Crippen LogP contribution in [0.2, 0.25) is 0 Å². The third-order valence-corrected chi connectivity index (χ3v) is 4.41. The van der Waals surface area contributed by atoms with E-state index < -0.39 is 10.0 Å². The van der Waals surface area contributed by atoms with Crippen molar-refractivity contribution in [2.24, 2.45) is 0 Å². The summed E-state index contributed by atoms with van der Waals surface area (Å²) in [5.74, 6) is 0.633. The first-order valence-corrected chi connectivity index (χ1v) is 8.10. The van der Waals surface area contributed by atoms with Crippen LogP contribution >= 0.6 is 0 Å². The third-order valence-electron chi connectivity index (χ3n) is 3.02. The lowest BCUT2D eigenvalue weighted by molar-refractivity contribution is 0.127. The zero-order valence-corrected chi connectivity index (χ0v) is 12.1. The van der Waals surface area contributed by atoms with E-state index in [1.165, 1.54) is 6.33 Å². The molecule has 19 heavy (non-hydrogen) atoms. The molecule has 0 amide bonds. The van der Waals surface area contributed by atoms with Crippen molar-refractivity contribution in [3.05, 3.63) is 12.2 Å². The van der Waals surface area contributed by atoms with Crippen LogP contribution in [0.3, 0.4) is 0 Å². The normalized spacial score (nSPS) is 20.3. The Morgan fingerprint density at radius 3 is 3.00 bits per heavy atom. The fourth-order valence-corrected chi connectivity index (χ4v) is 3.31. The molecule has 0 aromatic carbocycles. The Morgan fingerprint density at radius 2 is 2.37 bits per heavy atom. The average Bonchev–Trinajstić information content (AvgIpc) is 2.95. The molecule has 0 saturated carbocycles. The van der Waals surface area contributed by atoms with Crippen LogP contribution in [0.4, 0.5) is 0 Å². The maximum absolute atomic E-state index is 11.9. The van der Waals surface area contributed by atoms with Crippen molar-refractivity contribution in [2.75, 3.05) is 12.4 Å². The number of nitrogens with one attached hydrogen (secondary N) is 1. The molecule has 7 nitrogen and oxygen atoms in total. The van der Waals surface area contributed by atoms with E-state index in [0.29, 0.717) is 12.4 Å². The van der Waals surface area contributed by atoms with Crippen molar-refractivity contribution >= 4 is 10.0 Å². The summed E-state index contributed by atoms with van der Waals surface area (Å²) in [7, 11) is -3.34. The van der Waals surface area contributed by atoms with Gasteiger partial charge in [0.1, 0.15) is 12.2 Å². The van der Waals surface area contributed by atoms with Crippen LogP contribution in [-0.2, 0) is 21.3 Å². The van der Waals surface area contributed by atoms with Crippen molar-refractivity contribution in [3.63, 3.8) is 0 Å². The average molecular weight is 288 g/mol. The molecule has 0 spiro atoms. The van der Waals surface area contributed by atoms with Crippen LogP contribution in [0.1, 0.15) is 38.6 Å². The zero-order valence-electron chi connectivity index (χ0n) is 11.2. The van der Waals surface area contributed by atoms with Crippen LogP contribution in [0.15, 0.2) is 6.33 Å². The zero-order chi connectivity index (χ0) is 13.9. The monoisotopic (exact) mass is 288 g/mol. The largest absolute Gasteiger partial charge is 0.377 e. The van der Waals surface area contributed by atoms with Gasteiger partial charge in [-0.25, -0.2) is 22.8 Å². The van der Waals surface area contributed by atoms with Gasteiger partial charge in [-0.05, 0) is 26.7 Å². The lowest BCUT2D eigenvalue weighted by Gasteiger charge is -2.12. The minimum atomic E-state index is -3.34. The highest BCUT2D eigenvalue weighted by Crippen LogP contribution is 2.13. The molecule has 1 fully saturated rings. The van der Waals surface area contributed by atoms with Gasteiger partial charge in [0.2, 0.25) is 10.0 Å². The van der Waals surface area contributed by atoms with Gasteiger partial charge in [-0.2, -0.15) is 5.10 Å². The fourth-order valence-electron chi connectivity index (χ4n) is 2.09. The number of ether oxygens (including phenoxy) is 1. The molecule has 1 atom stereocenters. The molecule has 1 aliphatic rings. The highest BCUT2D eigenvalue weighted by Gasteiger charge is 2.23. The van der Waals surface area contributed by atoms with Crippen molar-refractivity contribution in [2.45, 2.75) is 45.4 Å². The van der Waals surface area contributed by atoms with Gasteiger partial charge in [0, 0.05) is 12.6 Å². The number of hydrogen-bond acceptors (Lipinski definition) is 5. The van der Waals surface area contributed by atoms with Crippen LogP contribution in [0, 0.1) is 0 Å². The predicted octanol–water partition coefficient (Wildman–Crippen LogP) is 0.457. The van der Waals surface area contributed by atoms with E-state index in [1.807, 2.05) is 13.8 Å². The summed E-state index contributed by atoms with van der Waals surface area (Å²) in [6.45, 7) is 4.76. The van der Waals surface area contributed by atoms with E-state index in [1.54, 1.807) is 4.68 Å². The Bertz CT molecular complexity index is 506. The van der Waals surface area contributed by atoms with Gasteiger partial charge in [0.05, 0.1) is 18.4 Å². The molecule has 1 aromatic rings. The summed E-state index contributed by atoms with van der Waals surface area (Å²) in [6, 6.07) is 0.153. The fraction of sp³-hybridized carbons (Fsp3) is 0.818. The highest BCUT2D eigenvalue weighted by atomic mass is 32.2. The number of hydrogen-bond donors (Lipinski definition) is 1. The number of nitrogens with zero attached hydrogens (tertiary/aromatic N) is 3. The summed E-state index contributed by atoms with van der Waals surface area (Å²) in [6.07, 6.45) is 3.00. The molecule has 1 N–H and O–H groups in total. The van der Waals surface area contributed by atoms with Crippen molar-refractivity contribution < 1.29 is 13.2 Å². The van der Waals surface area contributed by atoms with Crippen LogP contribution in [0.25, 0.3) is 0 Å². The quantitative estimate of drug-likeness (QED) is 0.821. The standard InChI is InChI=1S/C11H20N4O3S/c1-9(2)15-11(12-8-13-15)6-14-19(16,17)7-10-4-3-5-18-10/h8-10,14H,3-7H2,1-2H3/t10-/m1/s1. The summed E-state index contributed by atoms with van der Waals surface area (Å²) >= 11 is 0. The molecule has 0 aliphatic carbocycles. The van der Waals surface area contributed by atoms with Crippen LogP contribution in [-0.4, -0.2) is 41.6 Å². The van der Waals surface area contributed by atoms with Gasteiger partial charge in [0.15, 0.2) is 0 Å². The molecule has 2 heterocycles. The molecule has 0 radical (unpaired) electrons. The highest BCUT2D eigenvalue weighted by molar-refractivity contribution is 7.89. The topological polar surface area (TPSA) is 86.1 Å². The van der Waals surface area contributed by atoms with Crippen LogP contribution in [0.5, 0.6) is 0 Å². The maximum atomic E-state index is 11.9. The first kappa shape index (κ1) is 14.4. The number of aromatic nitrogens is 3. The molecule has 0 unspecified atom stereocenters. The lowest BCUT2D eigenvalue weighted by atomic mass is 10.3. The number of sulfonamides is 1. The smallest absolute Gasteiger partial charge is 0.214 e. The van der Waals surface area contributed by atoms with E-state index in [2.05, 4.69) is 14.8 Å². The molecule has 1 saturated heterocycles. The van der Waals surface area contributed by atoms with E-state index in [-0.39, 0.29) is 24.4 Å². The molecular formula is C11H20N4O3S. The first-order chi connectivity index (χ1) is 8.98. The van der Waals surface area contributed by atoms with Gasteiger partial charge >= 0.3 is 0 Å². The third kappa shape index (κ3) is 3.99. The SMILES string of the molecule is CC(C)n1ncnc1CNS(=O)(=O)C[C@H]1CCCO1. The first-order valence-electron chi connectivity index (χ1n) is 6.45. The van der Waals surface area contributed by atoms with Crippen molar-refractivity contribution in [1.82, 2.24) is 19.5 Å². The minimum Gasteiger partial charge on any atom is -0.377 e. The second-order valence-electron chi connectivity index (χ2n) is 4.95. The Balaban J connectivity index is 1.91. The lowest BCUT2D eigenvalue weighted by Crippen LogP contribution is -2.32. The van der Waals surface area contributed by atoms with Gasteiger partial charge in [-0.1, -0.05) is 0 Å². The van der Waals surface area contributed by atoms with E-state index in [9.17, 15) is 8.42 Å². The number of rotatable bonds is 6. The summed E-state index contributed by atoms with van der Waals surface area (Å²) < 4.78 is 33.4. The van der Waals surface area contributed by atoms with E-state index in [4.69, 9.17) is 4.74 Å². The van der Waals surface area contributed by atoms with E-state index in [0.717, 1.165) is 12.8 Å². The van der Waals surface area contributed by atoms with Gasteiger partial charge in [-0.3, -0.25) is 0 Å². The molecule has 0 bridgehead atoms. The molecular weight excluding hydrogens is 268 g/mol. The molecule has 8 heteroatoms. The van der Waals surface area contributed by atoms with Gasteiger partial charge < -0.3 is 4.74 Å². The molecule has 1 aliphatic heterocycles. The Labute approximate surface area is 113 Å². The summed E-state index contributed by atoms with van der Waals surface area (Å²) in [5, 5.41) is 4.07. The predicted molar refractivity (Wildman–Crippen MR) is 70.0 cm³/mol. The Morgan fingerprint density at radius 1 is 1.58 bits per heavy atom. The summed E-state index contributed by atoms with van der Waals surface area (Å²) in [5.41, 5.74) is 0. The molecule has 108 valence electrons. The van der Waals surface area contributed by atoms with Crippen molar-refractivity contribution in [3.8, 4) is 0 Å². The van der Waals surface area contributed by atoms with Crippen LogP contribution < -0.4 is 4.72 Å². The van der Waals surface area contributed by atoms with Crippen molar-refractivity contribution in [1.29, 1.82) is 0 Å². The van der Waals surface area contributed by atoms with Gasteiger partial charge in [-0.15, -0.1) is 0 Å². The second-order valence-corrected chi connectivity index (χ2v) is 6.80. The summed E-state index contributed by atoms with van der Waals surface area (Å²) in [4.78, 5) is 4.07. The molecule has 1 aromatic heterocycles. The second kappa shape index (κ2) is 5.98. The Kier molecular flexibility index (Phi) is 4.54. The Hall–Kier alpha value is -0.990. The van der Waals surface area contributed by atoms with E-state index >= 15 is 0 Å². The maximum Gasteiger partial charge on any atom is 0.214 e. The minimum absolute atomic E-state index is 0.0167. The molecule has 2 rings (SSSR count).